The average Bonchev–Trinajstić information content (AvgIpc) is 2.55. The molecule has 0 radical (unpaired) electrons. The number of nitrogens with zero attached hydrogens (tertiary/aromatic N) is 2. The van der Waals surface area contributed by atoms with E-state index in [2.05, 4.69) is 15.2 Å². The van der Waals surface area contributed by atoms with Crippen LogP contribution in [0.5, 0.6) is 0 Å². The first-order chi connectivity index (χ1) is 5.36. The van der Waals surface area contributed by atoms with E-state index < -0.39 is 0 Å². The van der Waals surface area contributed by atoms with Gasteiger partial charge < -0.3 is 10.2 Å². The molecule has 5 heteroatoms. The number of hydrogen-bond donors (Lipinski definition) is 2. The monoisotopic (exact) mass is 150 g/mol. The number of aromatic amines is 1. The molecule has 0 saturated carbocycles. The Hall–Kier alpha value is -1.78. The minimum Gasteiger partial charge on any atom is -0.424 e. The maximum Gasteiger partial charge on any atom is 0.292 e. The van der Waals surface area contributed by atoms with Crippen molar-refractivity contribution in [3.05, 3.63) is 18.6 Å². The Morgan fingerprint density at radius 3 is 2.91 bits per heavy atom. The molecule has 0 aromatic carbocycles. The number of nitrogens with one attached hydrogen (secondary N) is 1. The Morgan fingerprint density at radius 2 is 2.36 bits per heavy atom. The molecular weight excluding hydrogens is 144 g/mol. The SMILES string of the molecule is Nc1ncc(-c2cn[nH]c2)o1. The molecule has 0 fully saturated rings. The summed E-state index contributed by atoms with van der Waals surface area (Å²) in [5.74, 6) is 0.622. The fraction of sp³-hybridized carbons (Fsp3) is 0. The van der Waals surface area contributed by atoms with Crippen LogP contribution in [0.2, 0.25) is 0 Å². The molecule has 0 atom stereocenters. The van der Waals surface area contributed by atoms with Gasteiger partial charge >= 0.3 is 0 Å². The summed E-state index contributed by atoms with van der Waals surface area (Å²) in [6.45, 7) is 0. The first-order valence-corrected chi connectivity index (χ1v) is 3.07. The van der Waals surface area contributed by atoms with Crippen LogP contribution in [0.15, 0.2) is 23.0 Å². The summed E-state index contributed by atoms with van der Waals surface area (Å²) < 4.78 is 5.03. The summed E-state index contributed by atoms with van der Waals surface area (Å²) in [6.07, 6.45) is 4.90. The van der Waals surface area contributed by atoms with Crippen molar-refractivity contribution in [2.45, 2.75) is 0 Å². The summed E-state index contributed by atoms with van der Waals surface area (Å²) in [4.78, 5) is 3.74. The number of aromatic nitrogens is 3. The molecule has 2 rings (SSSR count). The summed E-state index contributed by atoms with van der Waals surface area (Å²) >= 11 is 0. The van der Waals surface area contributed by atoms with Crippen LogP contribution in [0.1, 0.15) is 0 Å². The van der Waals surface area contributed by atoms with E-state index in [4.69, 9.17) is 10.2 Å². The number of nitrogens with two attached hydrogens (primary N) is 1. The van der Waals surface area contributed by atoms with Crippen LogP contribution >= 0.6 is 0 Å². The third-order valence-corrected chi connectivity index (χ3v) is 1.31. The summed E-state index contributed by atoms with van der Waals surface area (Å²) in [5.41, 5.74) is 6.12. The van der Waals surface area contributed by atoms with E-state index in [1.54, 1.807) is 18.6 Å². The molecule has 0 amide bonds. The van der Waals surface area contributed by atoms with E-state index in [9.17, 15) is 0 Å². The standard InChI is InChI=1S/C6H6N4O/c7-6-8-3-5(11-6)4-1-9-10-2-4/h1-3H,(H2,7,8)(H,9,10). The minimum atomic E-state index is 0.168. The van der Waals surface area contributed by atoms with Crippen molar-refractivity contribution in [1.29, 1.82) is 0 Å². The molecule has 2 heterocycles. The molecule has 2 aromatic rings. The van der Waals surface area contributed by atoms with E-state index in [1.807, 2.05) is 0 Å². The van der Waals surface area contributed by atoms with E-state index in [0.29, 0.717) is 5.76 Å². The van der Waals surface area contributed by atoms with Gasteiger partial charge in [-0.3, -0.25) is 5.10 Å². The van der Waals surface area contributed by atoms with Crippen LogP contribution in [0.4, 0.5) is 6.01 Å². The molecule has 2 aromatic heterocycles. The highest BCUT2D eigenvalue weighted by molar-refractivity contribution is 5.54. The topological polar surface area (TPSA) is 80.7 Å². The van der Waals surface area contributed by atoms with Gasteiger partial charge in [-0.05, 0) is 0 Å². The van der Waals surface area contributed by atoms with Gasteiger partial charge in [0.05, 0.1) is 18.0 Å². The fourth-order valence-electron chi connectivity index (χ4n) is 0.807. The van der Waals surface area contributed by atoms with Crippen molar-refractivity contribution >= 4 is 6.01 Å². The van der Waals surface area contributed by atoms with Crippen molar-refractivity contribution in [2.24, 2.45) is 0 Å². The Bertz CT molecular complexity index is 337. The molecule has 0 aliphatic rings. The minimum absolute atomic E-state index is 0.168. The predicted molar refractivity (Wildman–Crippen MR) is 38.5 cm³/mol. The number of rotatable bonds is 1. The normalized spacial score (nSPS) is 10.2. The van der Waals surface area contributed by atoms with Crippen LogP contribution in [0, 0.1) is 0 Å². The van der Waals surface area contributed by atoms with E-state index in [0.717, 1.165) is 5.56 Å². The van der Waals surface area contributed by atoms with Crippen molar-refractivity contribution in [1.82, 2.24) is 15.2 Å². The maximum atomic E-state index is 5.28. The van der Waals surface area contributed by atoms with Gasteiger partial charge in [-0.15, -0.1) is 0 Å². The lowest BCUT2D eigenvalue weighted by Crippen LogP contribution is -1.79. The lowest BCUT2D eigenvalue weighted by atomic mass is 10.3. The first kappa shape index (κ1) is 5.96. The summed E-state index contributed by atoms with van der Waals surface area (Å²) in [6, 6.07) is 0.168. The Labute approximate surface area is 62.2 Å². The number of anilines is 1. The summed E-state index contributed by atoms with van der Waals surface area (Å²) in [7, 11) is 0. The molecule has 3 N–H and O–H groups in total. The molecule has 5 nitrogen and oxygen atoms in total. The molecule has 0 aliphatic heterocycles. The quantitative estimate of drug-likeness (QED) is 0.625. The second kappa shape index (κ2) is 2.12. The zero-order valence-corrected chi connectivity index (χ0v) is 5.61. The molecule has 0 aliphatic carbocycles. The fourth-order valence-corrected chi connectivity index (χ4v) is 0.807. The molecule has 0 bridgehead atoms. The van der Waals surface area contributed by atoms with Gasteiger partial charge in [0, 0.05) is 6.20 Å². The zero-order valence-electron chi connectivity index (χ0n) is 5.61. The van der Waals surface area contributed by atoms with Crippen LogP contribution in [0.25, 0.3) is 11.3 Å². The molecule has 0 unspecified atom stereocenters. The number of H-pyrrole nitrogens is 1. The van der Waals surface area contributed by atoms with Gasteiger partial charge in [0.1, 0.15) is 0 Å². The van der Waals surface area contributed by atoms with Gasteiger partial charge in [0.2, 0.25) is 0 Å². The Balaban J connectivity index is 2.45. The summed E-state index contributed by atoms with van der Waals surface area (Å²) in [5, 5.41) is 6.41. The van der Waals surface area contributed by atoms with Gasteiger partial charge in [0.15, 0.2) is 5.76 Å². The van der Waals surface area contributed by atoms with Crippen LogP contribution in [0.3, 0.4) is 0 Å². The third kappa shape index (κ3) is 0.958. The highest BCUT2D eigenvalue weighted by Crippen LogP contribution is 2.18. The lowest BCUT2D eigenvalue weighted by Gasteiger charge is -1.83. The smallest absolute Gasteiger partial charge is 0.292 e. The van der Waals surface area contributed by atoms with Gasteiger partial charge in [-0.25, -0.2) is 4.98 Å². The number of nitrogen functional groups attached to an aromatic ring is 1. The van der Waals surface area contributed by atoms with Gasteiger partial charge in [0.25, 0.3) is 6.01 Å². The maximum absolute atomic E-state index is 5.28. The molecular formula is C6H6N4O. The highest BCUT2D eigenvalue weighted by atomic mass is 16.4. The van der Waals surface area contributed by atoms with Crippen molar-refractivity contribution in [2.75, 3.05) is 5.73 Å². The Morgan fingerprint density at radius 1 is 1.45 bits per heavy atom. The molecule has 0 saturated heterocycles. The van der Waals surface area contributed by atoms with E-state index in [1.165, 1.54) is 0 Å². The second-order valence-corrected chi connectivity index (χ2v) is 2.05. The number of hydrogen-bond acceptors (Lipinski definition) is 4. The second-order valence-electron chi connectivity index (χ2n) is 2.05. The lowest BCUT2D eigenvalue weighted by molar-refractivity contribution is 0.595. The van der Waals surface area contributed by atoms with Crippen LogP contribution in [-0.2, 0) is 0 Å². The van der Waals surface area contributed by atoms with Gasteiger partial charge in [-0.1, -0.05) is 0 Å². The largest absolute Gasteiger partial charge is 0.424 e. The van der Waals surface area contributed by atoms with Crippen molar-refractivity contribution < 1.29 is 4.42 Å². The Kier molecular flexibility index (Phi) is 1.15. The van der Waals surface area contributed by atoms with Crippen molar-refractivity contribution in [3.8, 4) is 11.3 Å². The molecule has 0 spiro atoms. The first-order valence-electron chi connectivity index (χ1n) is 3.07. The highest BCUT2D eigenvalue weighted by Gasteiger charge is 2.03. The molecule has 11 heavy (non-hydrogen) atoms. The molecule has 56 valence electrons. The predicted octanol–water partition coefficient (Wildman–Crippen LogP) is 0.647. The van der Waals surface area contributed by atoms with Crippen molar-refractivity contribution in [3.63, 3.8) is 0 Å². The van der Waals surface area contributed by atoms with Gasteiger partial charge in [-0.2, -0.15) is 5.10 Å². The van der Waals surface area contributed by atoms with E-state index >= 15 is 0 Å². The third-order valence-electron chi connectivity index (χ3n) is 1.31. The van der Waals surface area contributed by atoms with Crippen LogP contribution < -0.4 is 5.73 Å². The van der Waals surface area contributed by atoms with E-state index in [-0.39, 0.29) is 6.01 Å². The van der Waals surface area contributed by atoms with Crippen LogP contribution in [-0.4, -0.2) is 15.2 Å². The zero-order chi connectivity index (χ0) is 7.68. The average molecular weight is 150 g/mol. The number of oxazole rings is 1.